The summed E-state index contributed by atoms with van der Waals surface area (Å²) in [6.07, 6.45) is 0.960. The van der Waals surface area contributed by atoms with Crippen molar-refractivity contribution in [2.75, 3.05) is 0 Å². The molecule has 14 heavy (non-hydrogen) atoms. The molecule has 0 radical (unpaired) electrons. The molecule has 0 atom stereocenters. The Kier molecular flexibility index (Phi) is 2.62. The Balaban J connectivity index is 3.04. The van der Waals surface area contributed by atoms with E-state index < -0.39 is 11.7 Å². The van der Waals surface area contributed by atoms with E-state index in [1.807, 2.05) is 0 Å². The maximum Gasteiger partial charge on any atom is 0.370 e. The van der Waals surface area contributed by atoms with Gasteiger partial charge in [-0.15, -0.1) is 0 Å². The molecule has 0 heterocycles. The van der Waals surface area contributed by atoms with E-state index in [-0.39, 0.29) is 17.1 Å². The first-order chi connectivity index (χ1) is 6.50. The molecular weight excluding hydrogens is 188 g/mol. The molecule has 1 aromatic rings. The minimum absolute atomic E-state index is 0.278. The predicted octanol–water partition coefficient (Wildman–Crippen LogP) is 1.08. The Labute approximate surface area is 79.2 Å². The Bertz CT molecular complexity index is 394. The topological polar surface area (TPSA) is 98.0 Å². The largest absolute Gasteiger partial charge is 0.504 e. The van der Waals surface area contributed by atoms with Crippen molar-refractivity contribution >= 4 is 12.0 Å². The SMILES string of the molecule is O=C(O)C(O)=Cc1ccc(O)c(O)c1. The highest BCUT2D eigenvalue weighted by Crippen LogP contribution is 2.25. The zero-order valence-corrected chi connectivity index (χ0v) is 7.01. The van der Waals surface area contributed by atoms with Crippen LogP contribution >= 0.6 is 0 Å². The molecule has 1 rings (SSSR count). The standard InChI is InChI=1S/C9H8O5/c10-6-2-1-5(3-7(6)11)4-8(12)9(13)14/h1-4,10-12H,(H,13,14). The molecule has 74 valence electrons. The van der Waals surface area contributed by atoms with Gasteiger partial charge in [-0.2, -0.15) is 0 Å². The molecule has 0 amide bonds. The van der Waals surface area contributed by atoms with Crippen LogP contribution in [0, 0.1) is 0 Å². The first-order valence-corrected chi connectivity index (χ1v) is 3.66. The molecule has 0 aliphatic carbocycles. The van der Waals surface area contributed by atoms with E-state index in [1.165, 1.54) is 12.1 Å². The molecule has 1 aromatic carbocycles. The fourth-order valence-corrected chi connectivity index (χ4v) is 0.850. The number of aliphatic hydroxyl groups is 1. The molecule has 0 bridgehead atoms. The third-order valence-corrected chi connectivity index (χ3v) is 1.52. The van der Waals surface area contributed by atoms with Crippen molar-refractivity contribution in [2.24, 2.45) is 0 Å². The Morgan fingerprint density at radius 2 is 1.79 bits per heavy atom. The molecule has 5 heteroatoms. The number of rotatable bonds is 2. The molecule has 0 saturated carbocycles. The van der Waals surface area contributed by atoms with E-state index in [4.69, 9.17) is 20.4 Å². The Morgan fingerprint density at radius 1 is 1.14 bits per heavy atom. The highest BCUT2D eigenvalue weighted by molar-refractivity contribution is 5.89. The molecule has 0 fully saturated rings. The van der Waals surface area contributed by atoms with E-state index in [0.29, 0.717) is 0 Å². The van der Waals surface area contributed by atoms with Gasteiger partial charge in [-0.25, -0.2) is 4.79 Å². The number of aliphatic hydroxyl groups excluding tert-OH is 1. The summed E-state index contributed by atoms with van der Waals surface area (Å²) in [5, 5.41) is 35.2. The Morgan fingerprint density at radius 3 is 2.29 bits per heavy atom. The number of carboxylic acids is 1. The number of hydrogen-bond donors (Lipinski definition) is 4. The van der Waals surface area contributed by atoms with Crippen LogP contribution in [0.4, 0.5) is 0 Å². The number of carbonyl (C=O) groups is 1. The number of aromatic hydroxyl groups is 2. The van der Waals surface area contributed by atoms with Gasteiger partial charge >= 0.3 is 5.97 Å². The van der Waals surface area contributed by atoms with E-state index in [0.717, 1.165) is 12.1 Å². The summed E-state index contributed by atoms with van der Waals surface area (Å²) in [6.45, 7) is 0. The molecule has 0 unspecified atom stereocenters. The smallest absolute Gasteiger partial charge is 0.370 e. The van der Waals surface area contributed by atoms with Crippen molar-refractivity contribution in [1.29, 1.82) is 0 Å². The van der Waals surface area contributed by atoms with Crippen LogP contribution in [0.5, 0.6) is 11.5 Å². The first-order valence-electron chi connectivity index (χ1n) is 3.66. The van der Waals surface area contributed by atoms with Crippen LogP contribution in [-0.2, 0) is 4.79 Å². The normalized spacial score (nSPS) is 11.3. The average molecular weight is 196 g/mol. The van der Waals surface area contributed by atoms with Crippen LogP contribution in [0.15, 0.2) is 24.0 Å². The maximum atomic E-state index is 10.2. The van der Waals surface area contributed by atoms with Crippen molar-refractivity contribution < 1.29 is 25.2 Å². The number of phenols is 2. The van der Waals surface area contributed by atoms with Crippen molar-refractivity contribution in [3.8, 4) is 11.5 Å². The van der Waals surface area contributed by atoms with Crippen LogP contribution < -0.4 is 0 Å². The lowest BCUT2D eigenvalue weighted by Gasteiger charge is -1.98. The summed E-state index contributed by atoms with van der Waals surface area (Å²) in [5.74, 6) is -2.98. The summed E-state index contributed by atoms with van der Waals surface area (Å²) >= 11 is 0. The lowest BCUT2D eigenvalue weighted by molar-refractivity contribution is -0.135. The highest BCUT2D eigenvalue weighted by atomic mass is 16.4. The third-order valence-electron chi connectivity index (χ3n) is 1.52. The van der Waals surface area contributed by atoms with Gasteiger partial charge in [0.2, 0.25) is 5.76 Å². The van der Waals surface area contributed by atoms with Gasteiger partial charge in [-0.3, -0.25) is 0 Å². The molecule has 0 aliphatic rings. The molecule has 0 spiro atoms. The van der Waals surface area contributed by atoms with Crippen molar-refractivity contribution in [2.45, 2.75) is 0 Å². The number of hydrogen-bond acceptors (Lipinski definition) is 4. The third kappa shape index (κ3) is 2.16. The fourth-order valence-electron chi connectivity index (χ4n) is 0.850. The second-order valence-electron chi connectivity index (χ2n) is 2.58. The number of carboxylic acid groups (broad SMARTS) is 1. The lowest BCUT2D eigenvalue weighted by Crippen LogP contribution is -1.98. The molecule has 5 nitrogen and oxygen atoms in total. The first kappa shape index (κ1) is 9.91. The van der Waals surface area contributed by atoms with Crippen LogP contribution in [0.1, 0.15) is 5.56 Å². The van der Waals surface area contributed by atoms with Gasteiger partial charge in [-0.05, 0) is 23.8 Å². The van der Waals surface area contributed by atoms with Gasteiger partial charge in [0.1, 0.15) is 0 Å². The second kappa shape index (κ2) is 3.69. The number of aliphatic carboxylic acids is 1. The molecule has 0 aromatic heterocycles. The number of phenolic OH excluding ortho intramolecular Hbond substituents is 2. The van der Waals surface area contributed by atoms with Gasteiger partial charge in [0.15, 0.2) is 11.5 Å². The maximum absolute atomic E-state index is 10.2. The predicted molar refractivity (Wildman–Crippen MR) is 48.0 cm³/mol. The second-order valence-corrected chi connectivity index (χ2v) is 2.58. The van der Waals surface area contributed by atoms with Crippen molar-refractivity contribution in [1.82, 2.24) is 0 Å². The van der Waals surface area contributed by atoms with E-state index >= 15 is 0 Å². The number of benzene rings is 1. The quantitative estimate of drug-likeness (QED) is 0.322. The van der Waals surface area contributed by atoms with Gasteiger partial charge in [-0.1, -0.05) is 6.07 Å². The summed E-state index contributed by atoms with van der Waals surface area (Å²) in [6, 6.07) is 3.68. The van der Waals surface area contributed by atoms with Gasteiger partial charge in [0.25, 0.3) is 0 Å². The summed E-state index contributed by atoms with van der Waals surface area (Å²) in [4.78, 5) is 10.2. The molecule has 0 saturated heterocycles. The van der Waals surface area contributed by atoms with E-state index in [9.17, 15) is 4.79 Å². The van der Waals surface area contributed by atoms with Crippen LogP contribution in [0.25, 0.3) is 6.08 Å². The van der Waals surface area contributed by atoms with Crippen LogP contribution in [0.2, 0.25) is 0 Å². The van der Waals surface area contributed by atoms with Crippen LogP contribution in [-0.4, -0.2) is 26.4 Å². The average Bonchev–Trinajstić information content (AvgIpc) is 2.11. The minimum Gasteiger partial charge on any atom is -0.504 e. The van der Waals surface area contributed by atoms with E-state index in [1.54, 1.807) is 0 Å². The summed E-state index contributed by atoms with van der Waals surface area (Å²) < 4.78 is 0. The molecule has 0 aliphatic heterocycles. The fraction of sp³-hybridized carbons (Fsp3) is 0. The van der Waals surface area contributed by atoms with Gasteiger partial charge < -0.3 is 20.4 Å². The van der Waals surface area contributed by atoms with Crippen molar-refractivity contribution in [3.63, 3.8) is 0 Å². The lowest BCUT2D eigenvalue weighted by atomic mass is 10.2. The monoisotopic (exact) mass is 196 g/mol. The Hall–Kier alpha value is -2.17. The molecular formula is C9H8O5. The van der Waals surface area contributed by atoms with Gasteiger partial charge in [0, 0.05) is 0 Å². The van der Waals surface area contributed by atoms with Crippen molar-refractivity contribution in [3.05, 3.63) is 29.5 Å². The zero-order chi connectivity index (χ0) is 10.7. The molecule has 4 N–H and O–H groups in total. The highest BCUT2D eigenvalue weighted by Gasteiger charge is 2.04. The van der Waals surface area contributed by atoms with E-state index in [2.05, 4.69) is 0 Å². The zero-order valence-electron chi connectivity index (χ0n) is 7.01. The summed E-state index contributed by atoms with van der Waals surface area (Å²) in [7, 11) is 0. The summed E-state index contributed by atoms with van der Waals surface area (Å²) in [5.41, 5.74) is 0.278. The van der Waals surface area contributed by atoms with Crippen LogP contribution in [0.3, 0.4) is 0 Å². The minimum atomic E-state index is -1.46. The van der Waals surface area contributed by atoms with Gasteiger partial charge in [0.05, 0.1) is 0 Å².